The number of carbonyl (C=O) groups is 3. The van der Waals surface area contributed by atoms with Gasteiger partial charge in [0.05, 0.1) is 0 Å². The summed E-state index contributed by atoms with van der Waals surface area (Å²) >= 11 is 0. The van der Waals surface area contributed by atoms with Crippen LogP contribution in [0.3, 0.4) is 0 Å². The van der Waals surface area contributed by atoms with E-state index in [9.17, 15) is 14.4 Å². The SMILES string of the molecule is CCCCCCCCCCCCCCCCC(=O)OC[C@@H](COC(=O)CCCCCCCCCCCC(C)C)OC(=O)CCCCCCCCC(C)CC. The Kier molecular flexibility index (Phi) is 39.8. The summed E-state index contributed by atoms with van der Waals surface area (Å²) in [6.07, 6.45) is 39.5. The average molecular weight is 765 g/mol. The second kappa shape index (κ2) is 41.1. The van der Waals surface area contributed by atoms with Crippen molar-refractivity contribution >= 4 is 17.9 Å². The van der Waals surface area contributed by atoms with Crippen molar-refractivity contribution in [1.29, 1.82) is 0 Å². The Bertz CT molecular complexity index is 826. The molecule has 2 atom stereocenters. The summed E-state index contributed by atoms with van der Waals surface area (Å²) in [5.74, 6) is 0.760. The van der Waals surface area contributed by atoms with E-state index in [2.05, 4.69) is 34.6 Å². The molecule has 0 aliphatic heterocycles. The summed E-state index contributed by atoms with van der Waals surface area (Å²) in [6.45, 7) is 11.3. The van der Waals surface area contributed by atoms with Crippen molar-refractivity contribution in [1.82, 2.24) is 0 Å². The van der Waals surface area contributed by atoms with Gasteiger partial charge in [-0.15, -0.1) is 0 Å². The number of carbonyl (C=O) groups excluding carboxylic acids is 3. The third-order valence-corrected chi connectivity index (χ3v) is 11.1. The van der Waals surface area contributed by atoms with Gasteiger partial charge in [0.25, 0.3) is 0 Å². The van der Waals surface area contributed by atoms with Crippen molar-refractivity contribution in [2.24, 2.45) is 11.8 Å². The largest absolute Gasteiger partial charge is 0.462 e. The highest BCUT2D eigenvalue weighted by Crippen LogP contribution is 2.17. The standard InChI is InChI=1S/C48H92O6/c1-6-8-9-10-11-12-13-14-15-16-19-22-28-33-38-46(49)52-41-45(54-48(51)40-35-30-25-24-27-32-37-44(5)7-2)42-53-47(50)39-34-29-23-20-17-18-21-26-31-36-43(3)4/h43-45H,6-42H2,1-5H3/t44?,45-/m0/s1. The lowest BCUT2D eigenvalue weighted by molar-refractivity contribution is -0.167. The molecule has 6 nitrogen and oxygen atoms in total. The Morgan fingerprint density at radius 2 is 0.704 bits per heavy atom. The van der Waals surface area contributed by atoms with Gasteiger partial charge in [-0.2, -0.15) is 0 Å². The van der Waals surface area contributed by atoms with E-state index in [-0.39, 0.29) is 31.1 Å². The zero-order valence-corrected chi connectivity index (χ0v) is 36.8. The van der Waals surface area contributed by atoms with E-state index in [1.54, 1.807) is 0 Å². The van der Waals surface area contributed by atoms with Crippen LogP contribution in [-0.2, 0) is 28.6 Å². The lowest BCUT2D eigenvalue weighted by Gasteiger charge is -2.18. The minimum atomic E-state index is -0.761. The van der Waals surface area contributed by atoms with Gasteiger partial charge < -0.3 is 14.2 Å². The summed E-state index contributed by atoms with van der Waals surface area (Å²) in [5, 5.41) is 0. The monoisotopic (exact) mass is 765 g/mol. The van der Waals surface area contributed by atoms with Gasteiger partial charge in [0.1, 0.15) is 13.2 Å². The number of unbranched alkanes of at least 4 members (excludes halogenated alkanes) is 26. The molecule has 320 valence electrons. The van der Waals surface area contributed by atoms with Gasteiger partial charge in [0, 0.05) is 19.3 Å². The topological polar surface area (TPSA) is 78.9 Å². The van der Waals surface area contributed by atoms with Crippen LogP contribution in [0.4, 0.5) is 0 Å². The van der Waals surface area contributed by atoms with Gasteiger partial charge >= 0.3 is 17.9 Å². The highest BCUT2D eigenvalue weighted by atomic mass is 16.6. The highest BCUT2D eigenvalue weighted by molar-refractivity contribution is 5.71. The van der Waals surface area contributed by atoms with Crippen LogP contribution in [0.1, 0.15) is 259 Å². The number of hydrogen-bond acceptors (Lipinski definition) is 6. The molecule has 0 fully saturated rings. The zero-order valence-electron chi connectivity index (χ0n) is 36.8. The van der Waals surface area contributed by atoms with Gasteiger partial charge in [-0.05, 0) is 31.1 Å². The Hall–Kier alpha value is -1.59. The van der Waals surface area contributed by atoms with Crippen molar-refractivity contribution < 1.29 is 28.6 Å². The third-order valence-electron chi connectivity index (χ3n) is 11.1. The van der Waals surface area contributed by atoms with E-state index in [1.807, 2.05) is 0 Å². The van der Waals surface area contributed by atoms with E-state index in [0.717, 1.165) is 69.6 Å². The molecule has 0 radical (unpaired) electrons. The molecule has 54 heavy (non-hydrogen) atoms. The fraction of sp³-hybridized carbons (Fsp3) is 0.938. The van der Waals surface area contributed by atoms with Crippen molar-refractivity contribution in [3.8, 4) is 0 Å². The Morgan fingerprint density at radius 1 is 0.389 bits per heavy atom. The van der Waals surface area contributed by atoms with E-state index in [0.29, 0.717) is 19.3 Å². The zero-order chi connectivity index (χ0) is 39.7. The number of rotatable bonds is 42. The summed E-state index contributed by atoms with van der Waals surface area (Å²) in [5.41, 5.74) is 0. The van der Waals surface area contributed by atoms with E-state index < -0.39 is 6.10 Å². The van der Waals surface area contributed by atoms with Gasteiger partial charge in [0.2, 0.25) is 0 Å². The fourth-order valence-corrected chi connectivity index (χ4v) is 7.07. The van der Waals surface area contributed by atoms with Crippen molar-refractivity contribution in [3.05, 3.63) is 0 Å². The first-order valence-electron chi connectivity index (χ1n) is 23.8. The van der Waals surface area contributed by atoms with Crippen LogP contribution in [0, 0.1) is 11.8 Å². The molecule has 0 N–H and O–H groups in total. The third kappa shape index (κ3) is 40.1. The van der Waals surface area contributed by atoms with Gasteiger partial charge in [-0.1, -0.05) is 221 Å². The van der Waals surface area contributed by atoms with Crippen LogP contribution in [-0.4, -0.2) is 37.2 Å². The second-order valence-electron chi connectivity index (χ2n) is 17.1. The summed E-state index contributed by atoms with van der Waals surface area (Å²) in [6, 6.07) is 0. The molecule has 0 aromatic heterocycles. The average Bonchev–Trinajstić information content (AvgIpc) is 3.15. The first-order valence-corrected chi connectivity index (χ1v) is 23.8. The lowest BCUT2D eigenvalue weighted by Crippen LogP contribution is -2.30. The molecular formula is C48H92O6. The molecule has 0 saturated carbocycles. The van der Waals surface area contributed by atoms with Crippen LogP contribution in [0.5, 0.6) is 0 Å². The summed E-state index contributed by atoms with van der Waals surface area (Å²) < 4.78 is 16.7. The number of hydrogen-bond donors (Lipinski definition) is 0. The van der Waals surface area contributed by atoms with Gasteiger partial charge in [0.15, 0.2) is 6.10 Å². The molecule has 1 unspecified atom stereocenters. The maximum atomic E-state index is 12.7. The quantitative estimate of drug-likeness (QED) is 0.0350. The molecule has 0 aliphatic rings. The summed E-state index contributed by atoms with van der Waals surface area (Å²) in [4.78, 5) is 37.7. The minimum absolute atomic E-state index is 0.0654. The molecule has 6 heteroatoms. The molecule has 0 aromatic carbocycles. The lowest BCUT2D eigenvalue weighted by atomic mass is 10.00. The van der Waals surface area contributed by atoms with Crippen molar-refractivity contribution in [3.63, 3.8) is 0 Å². The minimum Gasteiger partial charge on any atom is -0.462 e. The molecule has 0 spiro atoms. The van der Waals surface area contributed by atoms with Crippen LogP contribution >= 0.6 is 0 Å². The van der Waals surface area contributed by atoms with Crippen molar-refractivity contribution in [2.75, 3.05) is 13.2 Å². The molecule has 0 bridgehead atoms. The summed E-state index contributed by atoms with van der Waals surface area (Å²) in [7, 11) is 0. The Morgan fingerprint density at radius 3 is 1.06 bits per heavy atom. The van der Waals surface area contributed by atoms with Crippen LogP contribution < -0.4 is 0 Å². The molecule has 0 heterocycles. The van der Waals surface area contributed by atoms with Crippen LogP contribution in [0.25, 0.3) is 0 Å². The highest BCUT2D eigenvalue weighted by Gasteiger charge is 2.19. The molecule has 0 amide bonds. The maximum Gasteiger partial charge on any atom is 0.306 e. The first kappa shape index (κ1) is 52.4. The predicted octanol–water partition coefficient (Wildman–Crippen LogP) is 15.0. The van der Waals surface area contributed by atoms with Gasteiger partial charge in [-0.25, -0.2) is 0 Å². The smallest absolute Gasteiger partial charge is 0.306 e. The van der Waals surface area contributed by atoms with Crippen LogP contribution in [0.15, 0.2) is 0 Å². The molecule has 0 saturated heterocycles. The van der Waals surface area contributed by atoms with E-state index in [1.165, 1.54) is 148 Å². The first-order chi connectivity index (χ1) is 26.3. The van der Waals surface area contributed by atoms with Crippen LogP contribution in [0.2, 0.25) is 0 Å². The molecule has 0 aliphatic carbocycles. The molecule has 0 aromatic rings. The normalized spacial score (nSPS) is 12.6. The van der Waals surface area contributed by atoms with Crippen molar-refractivity contribution in [2.45, 2.75) is 265 Å². The Labute approximate surface area is 336 Å². The predicted molar refractivity (Wildman–Crippen MR) is 229 cm³/mol. The molecular weight excluding hydrogens is 673 g/mol. The van der Waals surface area contributed by atoms with E-state index >= 15 is 0 Å². The number of ether oxygens (including phenoxy) is 3. The van der Waals surface area contributed by atoms with Gasteiger partial charge in [-0.3, -0.25) is 14.4 Å². The molecule has 0 rings (SSSR count). The maximum absolute atomic E-state index is 12.7. The fourth-order valence-electron chi connectivity index (χ4n) is 7.07. The Balaban J connectivity index is 4.32. The second-order valence-corrected chi connectivity index (χ2v) is 17.1. The number of esters is 3. The van der Waals surface area contributed by atoms with E-state index in [4.69, 9.17) is 14.2 Å².